The zero-order valence-corrected chi connectivity index (χ0v) is 11.2. The van der Waals surface area contributed by atoms with Crippen molar-refractivity contribution in [3.05, 3.63) is 42.5 Å². The zero-order valence-electron chi connectivity index (χ0n) is 10.4. The van der Waals surface area contributed by atoms with Crippen LogP contribution in [0.25, 0.3) is 11.4 Å². The summed E-state index contributed by atoms with van der Waals surface area (Å²) in [4.78, 5) is 4.49. The van der Waals surface area contributed by atoms with E-state index in [2.05, 4.69) is 26.8 Å². The van der Waals surface area contributed by atoms with Crippen molar-refractivity contribution in [3.8, 4) is 11.4 Å². The summed E-state index contributed by atoms with van der Waals surface area (Å²) < 4.78 is 4.36. The van der Waals surface area contributed by atoms with Crippen molar-refractivity contribution in [2.75, 3.05) is 11.9 Å². The van der Waals surface area contributed by atoms with E-state index >= 15 is 0 Å². The minimum absolute atomic E-state index is 0.208. The van der Waals surface area contributed by atoms with Gasteiger partial charge >= 0.3 is 0 Å². The van der Waals surface area contributed by atoms with Crippen molar-refractivity contribution in [1.29, 1.82) is 0 Å². The van der Waals surface area contributed by atoms with E-state index < -0.39 is 0 Å². The van der Waals surface area contributed by atoms with Gasteiger partial charge in [0.2, 0.25) is 5.13 Å². The van der Waals surface area contributed by atoms with Crippen LogP contribution in [0.3, 0.4) is 0 Å². The van der Waals surface area contributed by atoms with E-state index in [-0.39, 0.29) is 18.6 Å². The average Bonchev–Trinajstić information content (AvgIpc) is 3.09. The van der Waals surface area contributed by atoms with E-state index in [0.717, 1.165) is 22.9 Å². The maximum Gasteiger partial charge on any atom is 0.203 e. The van der Waals surface area contributed by atoms with Crippen LogP contribution >= 0.6 is 11.5 Å². The maximum atomic E-state index is 9.10. The Morgan fingerprint density at radius 3 is 2.84 bits per heavy atom. The highest BCUT2D eigenvalue weighted by atomic mass is 32.1. The topological polar surface area (TPSA) is 58.0 Å². The molecule has 1 aromatic carbocycles. The Kier molecular flexibility index (Phi) is 3.57. The van der Waals surface area contributed by atoms with Gasteiger partial charge < -0.3 is 10.4 Å². The lowest BCUT2D eigenvalue weighted by Gasteiger charge is -2.10. The van der Waals surface area contributed by atoms with Gasteiger partial charge in [0.25, 0.3) is 0 Å². The zero-order chi connectivity index (χ0) is 13.1. The molecule has 2 aromatic rings. The van der Waals surface area contributed by atoms with Crippen molar-refractivity contribution in [2.24, 2.45) is 5.92 Å². The number of aliphatic hydroxyl groups is 1. The van der Waals surface area contributed by atoms with E-state index in [1.54, 1.807) is 0 Å². The Hall–Kier alpha value is -1.72. The molecule has 1 aromatic heterocycles. The summed E-state index contributed by atoms with van der Waals surface area (Å²) in [6.45, 7) is 0.208. The van der Waals surface area contributed by atoms with E-state index in [4.69, 9.17) is 5.11 Å². The first-order valence-electron chi connectivity index (χ1n) is 6.30. The highest BCUT2D eigenvalue weighted by molar-refractivity contribution is 7.09. The average molecular weight is 273 g/mol. The number of hydrogen-bond acceptors (Lipinski definition) is 5. The maximum absolute atomic E-state index is 9.10. The Morgan fingerprint density at radius 1 is 1.26 bits per heavy atom. The van der Waals surface area contributed by atoms with Gasteiger partial charge in [-0.2, -0.15) is 9.36 Å². The number of hydrogen-bond donors (Lipinski definition) is 2. The first kappa shape index (κ1) is 12.3. The first-order valence-corrected chi connectivity index (χ1v) is 7.07. The smallest absolute Gasteiger partial charge is 0.203 e. The van der Waals surface area contributed by atoms with Crippen LogP contribution in [0.5, 0.6) is 0 Å². The summed E-state index contributed by atoms with van der Waals surface area (Å²) >= 11 is 1.37. The fourth-order valence-corrected chi connectivity index (χ4v) is 2.81. The molecule has 0 spiro atoms. The number of aliphatic hydroxyl groups excluding tert-OH is 1. The molecule has 4 nitrogen and oxygen atoms in total. The van der Waals surface area contributed by atoms with Crippen LogP contribution < -0.4 is 5.32 Å². The number of aromatic nitrogens is 2. The molecule has 5 heteroatoms. The van der Waals surface area contributed by atoms with E-state index in [1.807, 2.05) is 30.3 Å². The van der Waals surface area contributed by atoms with Gasteiger partial charge in [-0.15, -0.1) is 0 Å². The van der Waals surface area contributed by atoms with E-state index in [0.29, 0.717) is 0 Å². The van der Waals surface area contributed by atoms with Gasteiger partial charge in [0, 0.05) is 35.7 Å². The fraction of sp³-hybridized carbons (Fsp3) is 0.286. The summed E-state index contributed by atoms with van der Waals surface area (Å²) in [5.74, 6) is 1.02. The summed E-state index contributed by atoms with van der Waals surface area (Å²) in [5, 5.41) is 13.3. The predicted octanol–water partition coefficient (Wildman–Crippen LogP) is 2.55. The minimum atomic E-state index is 0.208. The van der Waals surface area contributed by atoms with Gasteiger partial charge in [0.1, 0.15) is 0 Å². The van der Waals surface area contributed by atoms with Crippen molar-refractivity contribution < 1.29 is 5.11 Å². The van der Waals surface area contributed by atoms with Crippen LogP contribution in [0.1, 0.15) is 6.42 Å². The number of nitrogens with zero attached hydrogens (tertiary/aromatic N) is 2. The SMILES string of the molecule is OC[C@H]1C=C[C@@H](Nc2nc(-c3ccccc3)ns2)C1. The van der Waals surface area contributed by atoms with Crippen molar-refractivity contribution in [1.82, 2.24) is 9.36 Å². The summed E-state index contributed by atoms with van der Waals surface area (Å²) in [6.07, 6.45) is 5.05. The van der Waals surface area contributed by atoms with Crippen LogP contribution in [0.4, 0.5) is 5.13 Å². The molecule has 3 rings (SSSR count). The molecule has 1 aliphatic carbocycles. The highest BCUT2D eigenvalue weighted by Crippen LogP contribution is 2.24. The molecule has 0 radical (unpaired) electrons. The Balaban J connectivity index is 1.68. The third kappa shape index (κ3) is 2.83. The van der Waals surface area contributed by atoms with Crippen LogP contribution in [0.2, 0.25) is 0 Å². The highest BCUT2D eigenvalue weighted by Gasteiger charge is 2.19. The Labute approximate surface area is 116 Å². The molecule has 0 saturated carbocycles. The quantitative estimate of drug-likeness (QED) is 0.841. The third-order valence-corrected chi connectivity index (χ3v) is 3.82. The number of nitrogens with one attached hydrogen (secondary N) is 1. The molecule has 19 heavy (non-hydrogen) atoms. The Morgan fingerprint density at radius 2 is 2.11 bits per heavy atom. The van der Waals surface area contributed by atoms with Gasteiger partial charge in [-0.3, -0.25) is 0 Å². The summed E-state index contributed by atoms with van der Waals surface area (Å²) in [5.41, 5.74) is 1.03. The molecule has 2 atom stereocenters. The number of anilines is 1. The van der Waals surface area contributed by atoms with Gasteiger partial charge in [0.05, 0.1) is 0 Å². The number of benzene rings is 1. The standard InChI is InChI=1S/C14H15N3OS/c18-9-10-6-7-12(8-10)15-14-16-13(17-19-14)11-4-2-1-3-5-11/h1-7,10,12,18H,8-9H2,(H,15,16,17)/t10-,12+/m0/s1. The largest absolute Gasteiger partial charge is 0.396 e. The molecule has 0 fully saturated rings. The minimum Gasteiger partial charge on any atom is -0.396 e. The van der Waals surface area contributed by atoms with Crippen molar-refractivity contribution >= 4 is 16.7 Å². The fourth-order valence-electron chi connectivity index (χ4n) is 2.16. The second-order valence-corrected chi connectivity index (χ2v) is 5.36. The molecule has 0 unspecified atom stereocenters. The molecule has 1 aliphatic rings. The summed E-state index contributed by atoms with van der Waals surface area (Å²) in [6, 6.07) is 10.2. The second-order valence-electron chi connectivity index (χ2n) is 4.60. The molecule has 0 saturated heterocycles. The van der Waals surface area contributed by atoms with E-state index in [9.17, 15) is 0 Å². The summed E-state index contributed by atoms with van der Waals surface area (Å²) in [7, 11) is 0. The van der Waals surface area contributed by atoms with Gasteiger partial charge in [0.15, 0.2) is 5.82 Å². The van der Waals surface area contributed by atoms with E-state index in [1.165, 1.54) is 11.5 Å². The van der Waals surface area contributed by atoms with Crippen LogP contribution in [-0.2, 0) is 0 Å². The Bertz CT molecular complexity index is 567. The molecular weight excluding hydrogens is 258 g/mol. The lowest BCUT2D eigenvalue weighted by molar-refractivity contribution is 0.250. The van der Waals surface area contributed by atoms with Gasteiger partial charge in [-0.1, -0.05) is 42.5 Å². The molecule has 98 valence electrons. The van der Waals surface area contributed by atoms with Gasteiger partial charge in [-0.25, -0.2) is 0 Å². The number of rotatable bonds is 4. The molecule has 0 amide bonds. The third-order valence-electron chi connectivity index (χ3n) is 3.17. The van der Waals surface area contributed by atoms with Gasteiger partial charge in [-0.05, 0) is 6.42 Å². The normalized spacial score (nSPS) is 21.7. The van der Waals surface area contributed by atoms with Crippen molar-refractivity contribution in [3.63, 3.8) is 0 Å². The molecule has 2 N–H and O–H groups in total. The van der Waals surface area contributed by atoms with Crippen LogP contribution in [-0.4, -0.2) is 27.1 Å². The van der Waals surface area contributed by atoms with Crippen LogP contribution in [0.15, 0.2) is 42.5 Å². The molecular formula is C14H15N3OS. The second kappa shape index (κ2) is 5.50. The van der Waals surface area contributed by atoms with Crippen LogP contribution in [0, 0.1) is 5.92 Å². The lowest BCUT2D eigenvalue weighted by atomic mass is 10.1. The molecule has 0 bridgehead atoms. The predicted molar refractivity (Wildman–Crippen MR) is 77.1 cm³/mol. The first-order chi connectivity index (χ1) is 9.35. The monoisotopic (exact) mass is 273 g/mol. The molecule has 1 heterocycles. The molecule has 0 aliphatic heterocycles. The van der Waals surface area contributed by atoms with Crippen molar-refractivity contribution in [2.45, 2.75) is 12.5 Å². The lowest BCUT2D eigenvalue weighted by Crippen LogP contribution is -2.16.